The van der Waals surface area contributed by atoms with E-state index in [0.29, 0.717) is 5.56 Å². The third kappa shape index (κ3) is 5.09. The van der Waals surface area contributed by atoms with Crippen LogP contribution < -0.4 is 5.32 Å². The number of thioether (sulfide) groups is 1. The smallest absolute Gasteiger partial charge is 0.328 e. The van der Waals surface area contributed by atoms with Crippen molar-refractivity contribution >= 4 is 29.7 Å². The van der Waals surface area contributed by atoms with Gasteiger partial charge >= 0.3 is 5.97 Å². The van der Waals surface area contributed by atoms with E-state index >= 15 is 0 Å². The van der Waals surface area contributed by atoms with Gasteiger partial charge in [0.1, 0.15) is 0 Å². The van der Waals surface area contributed by atoms with Crippen LogP contribution >= 0.6 is 11.8 Å². The van der Waals surface area contributed by atoms with Gasteiger partial charge in [0.05, 0.1) is 0 Å². The number of benzene rings is 1. The summed E-state index contributed by atoms with van der Waals surface area (Å²) in [6, 6.07) is 5.34. The first-order valence-corrected chi connectivity index (χ1v) is 7.65. The number of carbonyl (C=O) groups excluding carboxylic acids is 1. The summed E-state index contributed by atoms with van der Waals surface area (Å²) in [7, 11) is 0. The zero-order valence-corrected chi connectivity index (χ0v) is 12.7. The normalized spacial score (nSPS) is 12.3. The minimum atomic E-state index is -0.989. The number of carboxylic acids is 1. The lowest BCUT2D eigenvalue weighted by Crippen LogP contribution is -2.34. The molecule has 0 aliphatic rings. The summed E-state index contributed by atoms with van der Waals surface area (Å²) in [5.41, 5.74) is 2.25. The van der Waals surface area contributed by atoms with Crippen LogP contribution in [-0.2, 0) is 4.79 Å². The number of aryl methyl sites for hydroxylation is 1. The molecule has 4 nitrogen and oxygen atoms in total. The van der Waals surface area contributed by atoms with E-state index in [1.165, 1.54) is 6.08 Å². The Morgan fingerprint density at radius 3 is 2.70 bits per heavy atom. The Labute approximate surface area is 123 Å². The maximum absolute atomic E-state index is 12.0. The van der Waals surface area contributed by atoms with E-state index in [9.17, 15) is 9.59 Å². The van der Waals surface area contributed by atoms with Crippen LogP contribution in [0.4, 0.5) is 0 Å². The van der Waals surface area contributed by atoms with Gasteiger partial charge in [-0.25, -0.2) is 4.79 Å². The third-order valence-corrected chi connectivity index (χ3v) is 3.56. The molecule has 1 amide bonds. The summed E-state index contributed by atoms with van der Waals surface area (Å²) >= 11 is 1.68. The topological polar surface area (TPSA) is 66.4 Å². The summed E-state index contributed by atoms with van der Waals surface area (Å²) in [5, 5.41) is 11.5. The van der Waals surface area contributed by atoms with Gasteiger partial charge in [0.25, 0.3) is 5.91 Å². The summed E-state index contributed by atoms with van der Waals surface area (Å²) in [5.74, 6) is -0.232. The lowest BCUT2D eigenvalue weighted by atomic mass is 10.0. The molecule has 1 unspecified atom stereocenters. The Morgan fingerprint density at radius 2 is 2.15 bits per heavy atom. The van der Waals surface area contributed by atoms with Gasteiger partial charge in [-0.05, 0) is 49.4 Å². The van der Waals surface area contributed by atoms with Crippen LogP contribution in [0.15, 0.2) is 24.3 Å². The molecule has 20 heavy (non-hydrogen) atoms. The van der Waals surface area contributed by atoms with Gasteiger partial charge in [-0.2, -0.15) is 11.8 Å². The fraction of sp³-hybridized carbons (Fsp3) is 0.333. The summed E-state index contributed by atoms with van der Waals surface area (Å²) in [6.07, 6.45) is 4.61. The number of hydrogen-bond donors (Lipinski definition) is 2. The van der Waals surface area contributed by atoms with E-state index in [0.717, 1.165) is 23.0 Å². The molecule has 1 aromatic carbocycles. The lowest BCUT2D eigenvalue weighted by Gasteiger charge is -2.13. The highest BCUT2D eigenvalue weighted by Gasteiger charge is 2.10. The largest absolute Gasteiger partial charge is 0.478 e. The quantitative estimate of drug-likeness (QED) is 0.791. The number of carbonyl (C=O) groups is 2. The van der Waals surface area contributed by atoms with Crippen molar-refractivity contribution in [3.63, 3.8) is 0 Å². The summed E-state index contributed by atoms with van der Waals surface area (Å²) < 4.78 is 0. The molecule has 0 radical (unpaired) electrons. The van der Waals surface area contributed by atoms with Crippen molar-refractivity contribution in [2.45, 2.75) is 19.9 Å². The first-order chi connectivity index (χ1) is 9.43. The van der Waals surface area contributed by atoms with Crippen LogP contribution in [0, 0.1) is 6.92 Å². The first kappa shape index (κ1) is 16.3. The summed E-state index contributed by atoms with van der Waals surface area (Å²) in [6.45, 7) is 3.81. The van der Waals surface area contributed by atoms with Crippen LogP contribution in [0.5, 0.6) is 0 Å². The molecule has 5 heteroatoms. The van der Waals surface area contributed by atoms with Crippen LogP contribution in [0.3, 0.4) is 0 Å². The molecule has 1 rings (SSSR count). The monoisotopic (exact) mass is 293 g/mol. The molecule has 0 aromatic heterocycles. The van der Waals surface area contributed by atoms with Gasteiger partial charge in [-0.15, -0.1) is 0 Å². The highest BCUT2D eigenvalue weighted by Crippen LogP contribution is 2.13. The average molecular weight is 293 g/mol. The molecule has 0 heterocycles. The Hall–Kier alpha value is -1.75. The maximum atomic E-state index is 12.0. The molecule has 0 saturated carbocycles. The lowest BCUT2D eigenvalue weighted by molar-refractivity contribution is -0.131. The molecular formula is C15H19NO3S. The second-order valence-electron chi connectivity index (χ2n) is 4.57. The highest BCUT2D eigenvalue weighted by atomic mass is 32.2. The van der Waals surface area contributed by atoms with Crippen molar-refractivity contribution in [3.8, 4) is 0 Å². The molecule has 1 aromatic rings. The maximum Gasteiger partial charge on any atom is 0.328 e. The zero-order valence-electron chi connectivity index (χ0n) is 11.8. The van der Waals surface area contributed by atoms with Gasteiger partial charge < -0.3 is 10.4 Å². The van der Waals surface area contributed by atoms with Crippen molar-refractivity contribution in [2.24, 2.45) is 0 Å². The van der Waals surface area contributed by atoms with Crippen LogP contribution in [-0.4, -0.2) is 35.0 Å². The van der Waals surface area contributed by atoms with Gasteiger partial charge in [-0.1, -0.05) is 6.07 Å². The molecule has 0 saturated heterocycles. The third-order valence-electron chi connectivity index (χ3n) is 2.73. The van der Waals surface area contributed by atoms with E-state index in [-0.39, 0.29) is 11.9 Å². The van der Waals surface area contributed by atoms with Crippen molar-refractivity contribution in [1.29, 1.82) is 0 Å². The standard InChI is InChI=1S/C15H19NO3S/c1-10-8-13(15(19)16-11(2)9-20-3)5-4-12(10)6-7-14(17)18/h4-8,11H,9H2,1-3H3,(H,16,19)(H,17,18)/b7-6+. The molecule has 0 aliphatic carbocycles. The first-order valence-electron chi connectivity index (χ1n) is 6.25. The molecule has 108 valence electrons. The van der Waals surface area contributed by atoms with Crippen LogP contribution in [0.2, 0.25) is 0 Å². The van der Waals surface area contributed by atoms with Gasteiger partial charge in [0, 0.05) is 23.4 Å². The Kier molecular flexibility index (Phi) is 6.31. The minimum Gasteiger partial charge on any atom is -0.478 e. The number of hydrogen-bond acceptors (Lipinski definition) is 3. The highest BCUT2D eigenvalue weighted by molar-refractivity contribution is 7.98. The Balaban J connectivity index is 2.81. The zero-order chi connectivity index (χ0) is 15.1. The predicted molar refractivity (Wildman–Crippen MR) is 83.2 cm³/mol. The molecule has 2 N–H and O–H groups in total. The molecule has 0 spiro atoms. The van der Waals surface area contributed by atoms with Crippen molar-refractivity contribution in [1.82, 2.24) is 5.32 Å². The predicted octanol–water partition coefficient (Wildman–Crippen LogP) is 2.57. The van der Waals surface area contributed by atoms with E-state index < -0.39 is 5.97 Å². The molecule has 0 bridgehead atoms. The number of rotatable bonds is 6. The SMILES string of the molecule is CSCC(C)NC(=O)c1ccc(/C=C/C(=O)O)c(C)c1. The Bertz CT molecular complexity index is 526. The van der Waals surface area contributed by atoms with Gasteiger partial charge in [-0.3, -0.25) is 4.79 Å². The van der Waals surface area contributed by atoms with Crippen molar-refractivity contribution < 1.29 is 14.7 Å². The van der Waals surface area contributed by atoms with Gasteiger partial charge in [0.15, 0.2) is 0 Å². The van der Waals surface area contributed by atoms with Crippen LogP contribution in [0.1, 0.15) is 28.4 Å². The van der Waals surface area contributed by atoms with Crippen molar-refractivity contribution in [3.05, 3.63) is 41.0 Å². The molecule has 1 atom stereocenters. The van der Waals surface area contributed by atoms with E-state index in [2.05, 4.69) is 5.32 Å². The molecule has 0 aliphatic heterocycles. The molecular weight excluding hydrogens is 274 g/mol. The molecule has 0 fully saturated rings. The number of nitrogens with one attached hydrogen (secondary N) is 1. The van der Waals surface area contributed by atoms with E-state index in [1.54, 1.807) is 30.0 Å². The second-order valence-corrected chi connectivity index (χ2v) is 5.48. The minimum absolute atomic E-state index is 0.108. The number of aliphatic carboxylic acids is 1. The second kappa shape index (κ2) is 7.75. The van der Waals surface area contributed by atoms with Crippen LogP contribution in [0.25, 0.3) is 6.08 Å². The average Bonchev–Trinajstić information content (AvgIpc) is 2.37. The summed E-state index contributed by atoms with van der Waals surface area (Å²) in [4.78, 5) is 22.5. The fourth-order valence-corrected chi connectivity index (χ4v) is 2.35. The fourth-order valence-electron chi connectivity index (χ4n) is 1.76. The Morgan fingerprint density at radius 1 is 1.45 bits per heavy atom. The number of carboxylic acid groups (broad SMARTS) is 1. The van der Waals surface area contributed by atoms with E-state index in [1.807, 2.05) is 20.1 Å². The van der Waals surface area contributed by atoms with Gasteiger partial charge in [0.2, 0.25) is 0 Å². The number of amides is 1. The van der Waals surface area contributed by atoms with E-state index in [4.69, 9.17) is 5.11 Å². The van der Waals surface area contributed by atoms with Crippen molar-refractivity contribution in [2.75, 3.05) is 12.0 Å².